The van der Waals surface area contributed by atoms with Crippen LogP contribution < -0.4 is 5.32 Å². The standard InChI is InChI=1S/C7H11BrF3NO3/c1-14-6(13)5(8)4-12-2-3-15-7(9,10)11/h5,12H,2-4H2,1H3. The first-order valence-electron chi connectivity index (χ1n) is 4.00. The van der Waals surface area contributed by atoms with Gasteiger partial charge in [0, 0.05) is 13.1 Å². The smallest absolute Gasteiger partial charge is 0.468 e. The number of hydrogen-bond donors (Lipinski definition) is 1. The third-order valence-electron chi connectivity index (χ3n) is 1.33. The molecule has 0 aliphatic rings. The number of rotatable bonds is 6. The molecule has 0 aromatic heterocycles. The van der Waals surface area contributed by atoms with Gasteiger partial charge in [-0.25, -0.2) is 0 Å². The summed E-state index contributed by atoms with van der Waals surface area (Å²) in [6.07, 6.45) is -4.61. The van der Waals surface area contributed by atoms with Gasteiger partial charge >= 0.3 is 12.3 Å². The van der Waals surface area contributed by atoms with Gasteiger partial charge in [-0.3, -0.25) is 9.53 Å². The van der Waals surface area contributed by atoms with Crippen molar-refractivity contribution in [3.05, 3.63) is 0 Å². The molecule has 0 aliphatic heterocycles. The first kappa shape index (κ1) is 14.7. The van der Waals surface area contributed by atoms with Crippen molar-refractivity contribution in [1.29, 1.82) is 0 Å². The summed E-state index contributed by atoms with van der Waals surface area (Å²) in [6.45, 7) is -0.323. The Kier molecular flexibility index (Phi) is 6.86. The molecule has 1 atom stereocenters. The fraction of sp³-hybridized carbons (Fsp3) is 0.857. The molecule has 0 saturated carbocycles. The highest BCUT2D eigenvalue weighted by Crippen LogP contribution is 2.15. The number of halogens is 4. The zero-order valence-corrected chi connectivity index (χ0v) is 9.52. The Morgan fingerprint density at radius 2 is 2.13 bits per heavy atom. The maximum Gasteiger partial charge on any atom is 0.522 e. The number of nitrogens with one attached hydrogen (secondary N) is 1. The molecule has 1 unspecified atom stereocenters. The fourth-order valence-electron chi connectivity index (χ4n) is 0.679. The monoisotopic (exact) mass is 293 g/mol. The highest BCUT2D eigenvalue weighted by Gasteiger charge is 2.28. The van der Waals surface area contributed by atoms with Crippen molar-refractivity contribution in [2.45, 2.75) is 11.2 Å². The molecule has 1 N–H and O–H groups in total. The summed E-state index contributed by atoms with van der Waals surface area (Å²) in [5.74, 6) is -0.487. The van der Waals surface area contributed by atoms with Gasteiger partial charge in [-0.05, 0) is 0 Å². The maximum absolute atomic E-state index is 11.5. The normalized spacial score (nSPS) is 13.7. The van der Waals surface area contributed by atoms with Crippen molar-refractivity contribution in [2.75, 3.05) is 26.8 Å². The van der Waals surface area contributed by atoms with E-state index < -0.39 is 23.8 Å². The molecule has 15 heavy (non-hydrogen) atoms. The van der Waals surface area contributed by atoms with E-state index in [4.69, 9.17) is 0 Å². The molecule has 90 valence electrons. The minimum atomic E-state index is -4.61. The third-order valence-corrected chi connectivity index (χ3v) is 2.02. The lowest BCUT2D eigenvalue weighted by molar-refractivity contribution is -0.323. The van der Waals surface area contributed by atoms with Gasteiger partial charge in [-0.1, -0.05) is 15.9 Å². The van der Waals surface area contributed by atoms with Crippen LogP contribution in [0.1, 0.15) is 0 Å². The Labute approximate surface area is 93.2 Å². The summed E-state index contributed by atoms with van der Waals surface area (Å²) in [5.41, 5.74) is 0. The largest absolute Gasteiger partial charge is 0.522 e. The van der Waals surface area contributed by atoms with E-state index >= 15 is 0 Å². The molecule has 0 aliphatic carbocycles. The molecule has 0 amide bonds. The van der Waals surface area contributed by atoms with E-state index in [2.05, 4.69) is 30.7 Å². The van der Waals surface area contributed by atoms with Gasteiger partial charge in [-0.2, -0.15) is 0 Å². The molecule has 0 aromatic carbocycles. The molecule has 0 rings (SSSR count). The third kappa shape index (κ3) is 8.64. The Bertz CT molecular complexity index is 200. The van der Waals surface area contributed by atoms with Crippen LogP contribution in [0.3, 0.4) is 0 Å². The van der Waals surface area contributed by atoms with Gasteiger partial charge in [0.2, 0.25) is 0 Å². The molecule has 8 heteroatoms. The topological polar surface area (TPSA) is 47.6 Å². The molecule has 0 radical (unpaired) electrons. The molecule has 0 saturated heterocycles. The highest BCUT2D eigenvalue weighted by atomic mass is 79.9. The summed E-state index contributed by atoms with van der Waals surface area (Å²) in [6, 6.07) is 0. The van der Waals surface area contributed by atoms with Crippen LogP contribution in [0.15, 0.2) is 0 Å². The van der Waals surface area contributed by atoms with Gasteiger partial charge in [0.05, 0.1) is 13.7 Å². The van der Waals surface area contributed by atoms with Crippen molar-refractivity contribution in [2.24, 2.45) is 0 Å². The summed E-state index contributed by atoms with van der Waals surface area (Å²) in [7, 11) is 1.23. The van der Waals surface area contributed by atoms with Crippen LogP contribution in [-0.2, 0) is 14.3 Å². The van der Waals surface area contributed by atoms with E-state index in [1.54, 1.807) is 0 Å². The van der Waals surface area contributed by atoms with Crippen molar-refractivity contribution in [3.63, 3.8) is 0 Å². The number of carbonyl (C=O) groups excluding carboxylic acids is 1. The van der Waals surface area contributed by atoms with Crippen LogP contribution in [0.4, 0.5) is 13.2 Å². The van der Waals surface area contributed by atoms with E-state index in [0.717, 1.165) is 0 Å². The van der Waals surface area contributed by atoms with Gasteiger partial charge in [0.1, 0.15) is 4.83 Å². The molecule has 0 aromatic rings. The number of hydrogen-bond acceptors (Lipinski definition) is 4. The molecular formula is C7H11BrF3NO3. The van der Waals surface area contributed by atoms with Crippen LogP contribution in [0.5, 0.6) is 0 Å². The summed E-state index contributed by atoms with van der Waals surface area (Å²) in [4.78, 5) is 10.2. The van der Waals surface area contributed by atoms with E-state index in [-0.39, 0.29) is 13.1 Å². The second-order valence-electron chi connectivity index (χ2n) is 2.49. The molecule has 0 spiro atoms. The van der Waals surface area contributed by atoms with Crippen LogP contribution >= 0.6 is 15.9 Å². The molecular weight excluding hydrogens is 283 g/mol. The molecule has 0 bridgehead atoms. The van der Waals surface area contributed by atoms with Gasteiger partial charge in [0.25, 0.3) is 0 Å². The quantitative estimate of drug-likeness (QED) is 0.452. The predicted octanol–water partition coefficient (Wildman–Crippen LogP) is 1.05. The first-order chi connectivity index (χ1) is 6.87. The Morgan fingerprint density at radius 3 is 2.60 bits per heavy atom. The Hall–Kier alpha value is -0.340. The zero-order chi connectivity index (χ0) is 11.9. The SMILES string of the molecule is COC(=O)C(Br)CNCCOC(F)(F)F. The lowest BCUT2D eigenvalue weighted by Crippen LogP contribution is -2.32. The highest BCUT2D eigenvalue weighted by molar-refractivity contribution is 9.10. The van der Waals surface area contributed by atoms with E-state index in [1.807, 2.05) is 0 Å². The van der Waals surface area contributed by atoms with Crippen molar-refractivity contribution >= 4 is 21.9 Å². The zero-order valence-electron chi connectivity index (χ0n) is 7.94. The maximum atomic E-state index is 11.5. The van der Waals surface area contributed by atoms with Crippen molar-refractivity contribution < 1.29 is 27.4 Å². The summed E-state index contributed by atoms with van der Waals surface area (Å²) < 4.78 is 42.4. The molecule has 0 heterocycles. The van der Waals surface area contributed by atoms with E-state index in [1.165, 1.54) is 7.11 Å². The van der Waals surface area contributed by atoms with Crippen molar-refractivity contribution in [3.8, 4) is 0 Å². The predicted molar refractivity (Wildman–Crippen MR) is 49.6 cm³/mol. The van der Waals surface area contributed by atoms with Crippen molar-refractivity contribution in [1.82, 2.24) is 5.32 Å². The van der Waals surface area contributed by atoms with Gasteiger partial charge in [-0.15, -0.1) is 13.2 Å². The number of alkyl halides is 4. The number of ether oxygens (including phenoxy) is 2. The summed E-state index contributed by atoms with van der Waals surface area (Å²) >= 11 is 2.99. The lowest BCUT2D eigenvalue weighted by Gasteiger charge is -2.10. The fourth-order valence-corrected chi connectivity index (χ4v) is 1.09. The van der Waals surface area contributed by atoms with E-state index in [9.17, 15) is 18.0 Å². The average molecular weight is 294 g/mol. The van der Waals surface area contributed by atoms with Crippen LogP contribution in [-0.4, -0.2) is 44.0 Å². The number of methoxy groups -OCH3 is 1. The second kappa shape index (κ2) is 7.02. The number of carbonyl (C=O) groups is 1. The minimum absolute atomic E-state index is 0.00138. The summed E-state index contributed by atoms with van der Waals surface area (Å²) in [5, 5.41) is 2.60. The Morgan fingerprint density at radius 1 is 1.53 bits per heavy atom. The minimum Gasteiger partial charge on any atom is -0.468 e. The van der Waals surface area contributed by atoms with Crippen LogP contribution in [0.25, 0.3) is 0 Å². The molecule has 4 nitrogen and oxygen atoms in total. The number of esters is 1. The molecule has 0 fully saturated rings. The average Bonchev–Trinajstić information content (AvgIpc) is 2.14. The second-order valence-corrected chi connectivity index (χ2v) is 3.59. The Balaban J connectivity index is 3.43. The van der Waals surface area contributed by atoms with Crippen LogP contribution in [0.2, 0.25) is 0 Å². The van der Waals surface area contributed by atoms with Gasteiger partial charge < -0.3 is 10.1 Å². The first-order valence-corrected chi connectivity index (χ1v) is 4.91. The van der Waals surface area contributed by atoms with E-state index in [0.29, 0.717) is 0 Å². The lowest BCUT2D eigenvalue weighted by atomic mass is 10.4. The van der Waals surface area contributed by atoms with Crippen LogP contribution in [0, 0.1) is 0 Å². The van der Waals surface area contributed by atoms with Gasteiger partial charge in [0.15, 0.2) is 0 Å².